The van der Waals surface area contributed by atoms with E-state index in [1.54, 1.807) is 12.1 Å². The summed E-state index contributed by atoms with van der Waals surface area (Å²) >= 11 is 0. The molecule has 36 heavy (non-hydrogen) atoms. The maximum absolute atomic E-state index is 13.1. The van der Waals surface area contributed by atoms with Crippen molar-refractivity contribution < 1.29 is 13.2 Å². The van der Waals surface area contributed by atoms with Crippen LogP contribution in [0.5, 0.6) is 0 Å². The summed E-state index contributed by atoms with van der Waals surface area (Å²) in [6.07, 6.45) is 20.9. The zero-order chi connectivity index (χ0) is 25.2. The molecule has 5 unspecified atom stereocenters. The Bertz CT molecular complexity index is 1170. The Morgan fingerprint density at radius 3 is 1.89 bits per heavy atom. The zero-order valence-corrected chi connectivity index (χ0v) is 21.9. The van der Waals surface area contributed by atoms with E-state index in [4.69, 9.17) is 0 Å². The topological polar surface area (TPSA) is 15.3 Å². The van der Waals surface area contributed by atoms with Crippen molar-refractivity contribution in [2.45, 2.75) is 50.0 Å². The summed E-state index contributed by atoms with van der Waals surface area (Å²) in [6, 6.07) is 5.88. The predicted octanol–water partition coefficient (Wildman–Crippen LogP) is 6.95. The highest BCUT2D eigenvalue weighted by molar-refractivity contribution is 6.76. The van der Waals surface area contributed by atoms with Crippen LogP contribution < -0.4 is 5.32 Å². The number of nitrogens with one attached hydrogen (secondary N) is 1. The first-order valence-corrected chi connectivity index (χ1v) is 16.0. The Labute approximate surface area is 212 Å². The summed E-state index contributed by atoms with van der Waals surface area (Å²) in [5, 5.41) is 3.83. The molecule has 5 aliphatic rings. The molecule has 0 bridgehead atoms. The fourth-order valence-corrected chi connectivity index (χ4v) is 12.8. The maximum atomic E-state index is 13.1. The lowest BCUT2D eigenvalue weighted by atomic mass is 9.83. The molecule has 0 amide bonds. The third-order valence-corrected chi connectivity index (χ3v) is 13.6. The number of nitrogens with zero attached hydrogens (tertiary/aromatic N) is 1. The average molecular weight is 507 g/mol. The number of hydrogen-bond acceptors (Lipinski definition) is 2. The van der Waals surface area contributed by atoms with Crippen LogP contribution in [0.1, 0.15) is 18.1 Å². The van der Waals surface area contributed by atoms with Gasteiger partial charge in [0.05, 0.1) is 17.8 Å². The number of alkyl halides is 3. The van der Waals surface area contributed by atoms with Gasteiger partial charge in [0.15, 0.2) is 0 Å². The van der Waals surface area contributed by atoms with Gasteiger partial charge in [-0.25, -0.2) is 0 Å². The Kier molecular flexibility index (Phi) is 5.70. The molecule has 1 aromatic carbocycles. The van der Waals surface area contributed by atoms with Gasteiger partial charge in [-0.2, -0.15) is 13.2 Å². The Morgan fingerprint density at radius 1 is 0.778 bits per heavy atom. The molecule has 4 aliphatic carbocycles. The molecule has 1 saturated carbocycles. The fourth-order valence-electron chi connectivity index (χ4n) is 7.86. The first-order chi connectivity index (χ1) is 17.2. The monoisotopic (exact) mass is 506 g/mol. The number of hydrogen-bond donors (Lipinski definition) is 1. The normalized spacial score (nSPS) is 37.1. The van der Waals surface area contributed by atoms with Crippen molar-refractivity contribution >= 4 is 13.8 Å². The van der Waals surface area contributed by atoms with Gasteiger partial charge in [-0.05, 0) is 59.4 Å². The van der Waals surface area contributed by atoms with Crippen molar-refractivity contribution in [3.8, 4) is 0 Å². The summed E-state index contributed by atoms with van der Waals surface area (Å²) in [4.78, 5) is 0. The largest absolute Gasteiger partial charge is 0.416 e. The van der Waals surface area contributed by atoms with Gasteiger partial charge in [-0.3, -0.25) is 5.32 Å². The summed E-state index contributed by atoms with van der Waals surface area (Å²) in [5.41, 5.74) is 1.89. The zero-order valence-electron chi connectivity index (χ0n) is 20.9. The molecule has 1 saturated heterocycles. The molecule has 6 rings (SSSR count). The van der Waals surface area contributed by atoms with Crippen molar-refractivity contribution in [3.63, 3.8) is 0 Å². The lowest BCUT2D eigenvalue weighted by Crippen LogP contribution is -2.59. The van der Waals surface area contributed by atoms with Crippen LogP contribution in [-0.2, 0) is 6.18 Å². The molecule has 1 heterocycles. The minimum atomic E-state index is -4.32. The molecular weight excluding hydrogens is 473 g/mol. The van der Waals surface area contributed by atoms with Crippen LogP contribution >= 0.6 is 0 Å². The van der Waals surface area contributed by atoms with Gasteiger partial charge in [0.2, 0.25) is 0 Å². The number of halogens is 3. The molecule has 2 nitrogen and oxygen atoms in total. The van der Waals surface area contributed by atoms with Crippen molar-refractivity contribution in [1.82, 2.24) is 9.88 Å². The number of benzene rings is 1. The lowest BCUT2D eigenvalue weighted by Gasteiger charge is -2.48. The smallest absolute Gasteiger partial charge is 0.301 e. The lowest BCUT2D eigenvalue weighted by molar-refractivity contribution is -0.137. The standard InChI is InChI=1S/C30H33F3N2Si/c1-19-34-28-22(20-15-17-21(18-16-20)30(31,32)33)13-8-14-27(28)35(19)36(2,3)29-25-11-6-4-9-23(25)24-10-5-7-12-26(24)29/h4-19,23-29,34H,1-3H3/t19-,23?,24?,25?,26?,27+,28?,29?/m0/s1. The Hall–Kier alpha value is -2.41. The number of fused-ring (bicyclic) bond motifs is 4. The molecule has 1 aliphatic heterocycles. The van der Waals surface area contributed by atoms with E-state index in [2.05, 4.69) is 96.7 Å². The molecule has 6 heteroatoms. The van der Waals surface area contributed by atoms with Crippen LogP contribution in [0.15, 0.2) is 91.1 Å². The summed E-state index contributed by atoms with van der Waals surface area (Å²) in [6.45, 7) is 7.31. The van der Waals surface area contributed by atoms with Gasteiger partial charge in [-0.1, -0.05) is 92.1 Å². The quantitative estimate of drug-likeness (QED) is 0.446. The SMILES string of the molecule is C[C@H]1NC2C(c3ccc(C(F)(F)F)cc3)=CC=C[C@H]2N1[Si](C)(C)C1C2C=CC=CC2C2C=CC=CC21. The van der Waals surface area contributed by atoms with Gasteiger partial charge < -0.3 is 4.57 Å². The second-order valence-corrected chi connectivity index (χ2v) is 15.8. The Morgan fingerprint density at radius 2 is 1.33 bits per heavy atom. The van der Waals surface area contributed by atoms with Crippen LogP contribution in [0.25, 0.3) is 5.57 Å². The second-order valence-electron chi connectivity index (χ2n) is 11.3. The predicted molar refractivity (Wildman–Crippen MR) is 142 cm³/mol. The fraction of sp³-hybridized carbons (Fsp3) is 0.400. The average Bonchev–Trinajstić information content (AvgIpc) is 3.38. The second kappa shape index (κ2) is 8.57. The van der Waals surface area contributed by atoms with Crippen LogP contribution in [-0.4, -0.2) is 31.1 Å². The molecule has 0 aromatic heterocycles. The Balaban J connectivity index is 1.32. The van der Waals surface area contributed by atoms with Crippen LogP contribution in [0.2, 0.25) is 18.6 Å². The number of allylic oxidation sites excluding steroid dienone is 10. The third kappa shape index (κ3) is 3.68. The summed E-state index contributed by atoms with van der Waals surface area (Å²) in [5.74, 6) is 2.15. The molecular formula is C30H33F3N2Si. The first-order valence-electron chi connectivity index (χ1n) is 13.0. The van der Waals surface area contributed by atoms with E-state index in [1.165, 1.54) is 12.1 Å². The molecule has 2 fully saturated rings. The minimum absolute atomic E-state index is 0.0603. The van der Waals surface area contributed by atoms with Crippen molar-refractivity contribution in [3.05, 3.63) is 102 Å². The van der Waals surface area contributed by atoms with Gasteiger partial charge >= 0.3 is 6.18 Å². The van der Waals surface area contributed by atoms with E-state index in [9.17, 15) is 13.2 Å². The highest BCUT2D eigenvalue weighted by atomic mass is 28.3. The number of rotatable bonds is 3. The summed E-state index contributed by atoms with van der Waals surface area (Å²) < 4.78 is 42.2. The minimum Gasteiger partial charge on any atom is -0.301 e. The molecule has 0 spiro atoms. The molecule has 188 valence electrons. The van der Waals surface area contributed by atoms with Crippen LogP contribution in [0.4, 0.5) is 13.2 Å². The van der Waals surface area contributed by atoms with Gasteiger partial charge in [0.25, 0.3) is 0 Å². The van der Waals surface area contributed by atoms with E-state index in [0.717, 1.165) is 11.1 Å². The van der Waals surface area contributed by atoms with Gasteiger partial charge in [0.1, 0.15) is 8.24 Å². The van der Waals surface area contributed by atoms with E-state index < -0.39 is 20.0 Å². The van der Waals surface area contributed by atoms with E-state index in [1.807, 2.05) is 0 Å². The van der Waals surface area contributed by atoms with Crippen molar-refractivity contribution in [2.75, 3.05) is 0 Å². The first kappa shape index (κ1) is 24.0. The van der Waals surface area contributed by atoms with Gasteiger partial charge in [-0.15, -0.1) is 0 Å². The molecule has 1 N–H and O–H groups in total. The van der Waals surface area contributed by atoms with Crippen LogP contribution in [0, 0.1) is 23.7 Å². The van der Waals surface area contributed by atoms with E-state index in [-0.39, 0.29) is 18.2 Å². The van der Waals surface area contributed by atoms with Gasteiger partial charge in [0, 0.05) is 6.04 Å². The van der Waals surface area contributed by atoms with Crippen LogP contribution in [0.3, 0.4) is 0 Å². The van der Waals surface area contributed by atoms with E-state index >= 15 is 0 Å². The van der Waals surface area contributed by atoms with Crippen molar-refractivity contribution in [2.24, 2.45) is 23.7 Å². The van der Waals surface area contributed by atoms with E-state index in [0.29, 0.717) is 29.2 Å². The third-order valence-electron chi connectivity index (χ3n) is 9.16. The van der Waals surface area contributed by atoms with Crippen molar-refractivity contribution in [1.29, 1.82) is 0 Å². The highest BCUT2D eigenvalue weighted by Gasteiger charge is 2.59. The molecule has 0 radical (unpaired) electrons. The molecule has 1 aromatic rings. The highest BCUT2D eigenvalue weighted by Crippen LogP contribution is 2.59. The maximum Gasteiger partial charge on any atom is 0.416 e. The molecule has 7 atom stereocenters. The summed E-state index contributed by atoms with van der Waals surface area (Å²) in [7, 11) is -2.02.